The largest absolute Gasteiger partial charge is 0.492 e. The van der Waals surface area contributed by atoms with Gasteiger partial charge in [0, 0.05) is 0 Å². The second-order valence-corrected chi connectivity index (χ2v) is 4.31. The first-order valence-corrected chi connectivity index (χ1v) is 5.90. The van der Waals surface area contributed by atoms with Crippen molar-refractivity contribution < 1.29 is 27.6 Å². The number of carbonyl (C=O) groups is 1. The standard InChI is InChI=1S/C12H13F3N2O3/c13-12(14,15)11(18)20-17-6-10(7-17)16-19-8-9-4-2-1-3-5-9/h1-5,10,16H,6-8H2. The van der Waals surface area contributed by atoms with E-state index < -0.39 is 12.1 Å². The second-order valence-electron chi connectivity index (χ2n) is 4.31. The molecule has 0 radical (unpaired) electrons. The number of hydrogen-bond acceptors (Lipinski definition) is 5. The molecule has 1 aromatic rings. The van der Waals surface area contributed by atoms with Gasteiger partial charge in [-0.2, -0.15) is 18.7 Å². The Kier molecular flexibility index (Phi) is 4.58. The lowest BCUT2D eigenvalue weighted by Gasteiger charge is -2.36. The lowest BCUT2D eigenvalue weighted by atomic mass is 10.2. The van der Waals surface area contributed by atoms with Crippen LogP contribution < -0.4 is 5.48 Å². The van der Waals surface area contributed by atoms with E-state index in [2.05, 4.69) is 10.3 Å². The third kappa shape index (κ3) is 4.19. The van der Waals surface area contributed by atoms with E-state index in [0.717, 1.165) is 10.6 Å². The fraction of sp³-hybridized carbons (Fsp3) is 0.417. The molecule has 0 spiro atoms. The molecule has 0 aromatic heterocycles. The summed E-state index contributed by atoms with van der Waals surface area (Å²) in [6, 6.07) is 9.25. The Bertz CT molecular complexity index is 447. The summed E-state index contributed by atoms with van der Waals surface area (Å²) >= 11 is 0. The zero-order valence-corrected chi connectivity index (χ0v) is 10.4. The Hall–Kier alpha value is -1.64. The molecule has 110 valence electrons. The van der Waals surface area contributed by atoms with E-state index in [9.17, 15) is 18.0 Å². The van der Waals surface area contributed by atoms with Crippen LogP contribution in [0.4, 0.5) is 13.2 Å². The van der Waals surface area contributed by atoms with Gasteiger partial charge in [0.05, 0.1) is 25.7 Å². The topological polar surface area (TPSA) is 50.8 Å². The van der Waals surface area contributed by atoms with Crippen molar-refractivity contribution in [2.24, 2.45) is 0 Å². The molecule has 0 atom stereocenters. The fourth-order valence-electron chi connectivity index (χ4n) is 1.57. The van der Waals surface area contributed by atoms with Gasteiger partial charge in [-0.1, -0.05) is 30.3 Å². The van der Waals surface area contributed by atoms with Gasteiger partial charge in [0.1, 0.15) is 0 Å². The van der Waals surface area contributed by atoms with Gasteiger partial charge in [-0.05, 0) is 5.56 Å². The van der Waals surface area contributed by atoms with Crippen LogP contribution in [0.2, 0.25) is 0 Å². The number of nitrogens with zero attached hydrogens (tertiary/aromatic N) is 1. The van der Waals surface area contributed by atoms with Gasteiger partial charge in [-0.3, -0.25) is 4.84 Å². The molecule has 0 saturated carbocycles. The highest BCUT2D eigenvalue weighted by Gasteiger charge is 2.44. The van der Waals surface area contributed by atoms with Crippen LogP contribution in [0.15, 0.2) is 30.3 Å². The Balaban J connectivity index is 1.59. The van der Waals surface area contributed by atoms with Crippen molar-refractivity contribution in [2.75, 3.05) is 13.1 Å². The van der Waals surface area contributed by atoms with E-state index in [1.807, 2.05) is 30.3 Å². The number of carbonyl (C=O) groups excluding carboxylic acids is 1. The summed E-state index contributed by atoms with van der Waals surface area (Å²) in [7, 11) is 0. The van der Waals surface area contributed by atoms with Crippen LogP contribution in [0.5, 0.6) is 0 Å². The number of rotatable bonds is 5. The Labute approximate surface area is 113 Å². The molecule has 1 aromatic carbocycles. The summed E-state index contributed by atoms with van der Waals surface area (Å²) < 4.78 is 35.7. The highest BCUT2D eigenvalue weighted by molar-refractivity contribution is 5.75. The number of hydrogen-bond donors (Lipinski definition) is 1. The van der Waals surface area contributed by atoms with Gasteiger partial charge in [-0.15, -0.1) is 5.06 Å². The quantitative estimate of drug-likeness (QED) is 0.831. The van der Waals surface area contributed by atoms with Crippen molar-refractivity contribution in [3.8, 4) is 0 Å². The molecule has 2 rings (SSSR count). The van der Waals surface area contributed by atoms with Gasteiger partial charge in [0.25, 0.3) is 0 Å². The van der Waals surface area contributed by atoms with E-state index >= 15 is 0 Å². The first kappa shape index (κ1) is 14.8. The van der Waals surface area contributed by atoms with E-state index in [0.29, 0.717) is 6.61 Å². The SMILES string of the molecule is O=C(ON1CC(NOCc2ccccc2)C1)C(F)(F)F. The van der Waals surface area contributed by atoms with Gasteiger partial charge in [0.15, 0.2) is 0 Å². The van der Waals surface area contributed by atoms with Crippen molar-refractivity contribution in [1.82, 2.24) is 10.5 Å². The zero-order valence-electron chi connectivity index (χ0n) is 10.4. The van der Waals surface area contributed by atoms with E-state index in [4.69, 9.17) is 4.84 Å². The minimum absolute atomic E-state index is 0.149. The third-order valence-corrected chi connectivity index (χ3v) is 2.62. The molecule has 1 heterocycles. The molecule has 1 saturated heterocycles. The van der Waals surface area contributed by atoms with Crippen molar-refractivity contribution in [3.63, 3.8) is 0 Å². The highest BCUT2D eigenvalue weighted by atomic mass is 19.4. The maximum absolute atomic E-state index is 11.9. The molecule has 1 aliphatic heterocycles. The van der Waals surface area contributed by atoms with Gasteiger partial charge in [-0.25, -0.2) is 4.79 Å². The number of alkyl halides is 3. The first-order chi connectivity index (χ1) is 9.45. The van der Waals surface area contributed by atoms with E-state index in [1.165, 1.54) is 0 Å². The van der Waals surface area contributed by atoms with E-state index in [-0.39, 0.29) is 19.1 Å². The summed E-state index contributed by atoms with van der Waals surface area (Å²) in [5.41, 5.74) is 3.67. The van der Waals surface area contributed by atoms with Crippen molar-refractivity contribution in [1.29, 1.82) is 0 Å². The zero-order chi connectivity index (χ0) is 14.6. The molecule has 0 aliphatic carbocycles. The third-order valence-electron chi connectivity index (χ3n) is 2.62. The summed E-state index contributed by atoms with van der Waals surface area (Å²) in [6.07, 6.45) is -4.97. The van der Waals surface area contributed by atoms with Crippen LogP contribution in [-0.4, -0.2) is 36.3 Å². The average molecular weight is 290 g/mol. The van der Waals surface area contributed by atoms with Gasteiger partial charge in [0.2, 0.25) is 0 Å². The van der Waals surface area contributed by atoms with Crippen molar-refractivity contribution in [3.05, 3.63) is 35.9 Å². The highest BCUT2D eigenvalue weighted by Crippen LogP contribution is 2.19. The number of benzene rings is 1. The van der Waals surface area contributed by atoms with Crippen LogP contribution in [0, 0.1) is 0 Å². The molecule has 20 heavy (non-hydrogen) atoms. The number of hydroxylamine groups is 3. The maximum Gasteiger partial charge on any atom is 0.492 e. The minimum atomic E-state index is -4.97. The molecule has 5 nitrogen and oxygen atoms in total. The Morgan fingerprint density at radius 3 is 2.55 bits per heavy atom. The molecule has 0 bridgehead atoms. The normalized spacial score (nSPS) is 16.8. The van der Waals surface area contributed by atoms with Crippen LogP contribution >= 0.6 is 0 Å². The molecule has 1 aliphatic rings. The lowest BCUT2D eigenvalue weighted by molar-refractivity contribution is -0.259. The average Bonchev–Trinajstić information content (AvgIpc) is 2.35. The summed E-state index contributed by atoms with van der Waals surface area (Å²) in [5, 5.41) is 0.930. The Morgan fingerprint density at radius 1 is 1.30 bits per heavy atom. The first-order valence-electron chi connectivity index (χ1n) is 5.90. The molecule has 0 unspecified atom stereocenters. The second kappa shape index (κ2) is 6.21. The Morgan fingerprint density at radius 2 is 1.95 bits per heavy atom. The van der Waals surface area contributed by atoms with Crippen LogP contribution in [0.1, 0.15) is 5.56 Å². The van der Waals surface area contributed by atoms with Crippen LogP contribution in [0.3, 0.4) is 0 Å². The minimum Gasteiger partial charge on any atom is -0.361 e. The molecule has 8 heteroatoms. The van der Waals surface area contributed by atoms with Gasteiger partial charge >= 0.3 is 12.1 Å². The summed E-state index contributed by atoms with van der Waals surface area (Å²) in [5.74, 6) is -2.21. The smallest absolute Gasteiger partial charge is 0.361 e. The molecule has 0 amide bonds. The van der Waals surface area contributed by atoms with Crippen molar-refractivity contribution >= 4 is 5.97 Å². The van der Waals surface area contributed by atoms with Crippen molar-refractivity contribution in [2.45, 2.75) is 18.8 Å². The maximum atomic E-state index is 11.9. The fourth-order valence-corrected chi connectivity index (χ4v) is 1.57. The monoisotopic (exact) mass is 290 g/mol. The van der Waals surface area contributed by atoms with Crippen LogP contribution in [-0.2, 0) is 21.1 Å². The van der Waals surface area contributed by atoms with E-state index in [1.54, 1.807) is 0 Å². The van der Waals surface area contributed by atoms with Crippen LogP contribution in [0.25, 0.3) is 0 Å². The predicted octanol–water partition coefficient (Wildman–Crippen LogP) is 1.41. The van der Waals surface area contributed by atoms with Gasteiger partial charge < -0.3 is 4.84 Å². The molecular formula is C12H13F3N2O3. The molecule has 1 N–H and O–H groups in total. The molecule has 1 fully saturated rings. The number of halogens is 3. The lowest BCUT2D eigenvalue weighted by Crippen LogP contribution is -2.58. The summed E-state index contributed by atoms with van der Waals surface area (Å²) in [4.78, 5) is 19.9. The number of nitrogens with one attached hydrogen (secondary N) is 1. The predicted molar refractivity (Wildman–Crippen MR) is 61.9 cm³/mol. The summed E-state index contributed by atoms with van der Waals surface area (Å²) in [6.45, 7) is 0.646. The molecular weight excluding hydrogens is 277 g/mol.